The van der Waals surface area contributed by atoms with E-state index in [2.05, 4.69) is 73.2 Å². The molecule has 1 amide bonds. The molecule has 5 aliphatic carbocycles. The lowest BCUT2D eigenvalue weighted by atomic mass is 9.31. The van der Waals surface area contributed by atoms with Crippen LogP contribution in [0.1, 0.15) is 95.3 Å². The van der Waals surface area contributed by atoms with Gasteiger partial charge in [-0.15, -0.1) is 0 Å². The van der Waals surface area contributed by atoms with Gasteiger partial charge < -0.3 is 19.9 Å². The fraction of sp³-hybridized carbons (Fsp3) is 0.532. The van der Waals surface area contributed by atoms with Gasteiger partial charge in [0, 0.05) is 72.1 Å². The van der Waals surface area contributed by atoms with Crippen LogP contribution in [0, 0.1) is 32.3 Å². The first-order valence-electron chi connectivity index (χ1n) is 22.4. The van der Waals surface area contributed by atoms with Crippen molar-refractivity contribution in [1.29, 1.82) is 0 Å². The number of piperazine rings is 1. The maximum Gasteiger partial charge on any atom is 0.394 e. The molecule has 10 rings (SSSR count). The first kappa shape index (κ1) is 45.7. The maximum absolute atomic E-state index is 14.0. The molecular weight excluding hydrogens is 975 g/mol. The Morgan fingerprint density at radius 3 is 2.43 bits per heavy atom. The number of rotatable bonds is 13. The van der Waals surface area contributed by atoms with Crippen molar-refractivity contribution in [2.75, 3.05) is 49.5 Å². The topological polar surface area (TPSA) is 163 Å². The third kappa shape index (κ3) is 9.19. The molecule has 348 valence electrons. The summed E-state index contributed by atoms with van der Waals surface area (Å²) in [5, 5.41) is 16.1. The summed E-state index contributed by atoms with van der Waals surface area (Å²) in [5.41, 5.74) is 1.94. The smallest absolute Gasteiger partial charge is 0.394 e. The number of benzene rings is 2. The number of carbonyl (C=O) groups excluding carboxylic acids is 1. The molecule has 3 N–H and O–H groups in total. The van der Waals surface area contributed by atoms with Crippen LogP contribution in [-0.2, 0) is 10.0 Å². The number of nitro benzene ring substituents is 1. The van der Waals surface area contributed by atoms with Crippen LogP contribution >= 0.6 is 22.6 Å². The molecule has 65 heavy (non-hydrogen) atoms. The highest BCUT2D eigenvalue weighted by Gasteiger charge is 2.79. The number of ether oxygens (including phenoxy) is 1. The number of anilines is 2. The number of aromatic amines is 1. The molecule has 5 fully saturated rings. The number of hydrogen-bond acceptors (Lipinski definition) is 10. The van der Waals surface area contributed by atoms with E-state index in [1.165, 1.54) is 35.5 Å². The molecule has 2 aromatic carbocycles. The SMILES string of the molecule is CC1(C)CCC(CN2CCN(c3ccc(C(=O)NS(=O)(=O)c4ccc(NCC5CCC(C)(I)CC5)c([N+](=O)[O-])c4)c(Oc4cnc5[nH]ccc5c4)c3)CC2)=C(C23CC(C(F)(F)F)(C2)C3)C1. The Balaban J connectivity index is 0.908. The van der Waals surface area contributed by atoms with Crippen molar-refractivity contribution >= 4 is 66.6 Å². The van der Waals surface area contributed by atoms with Crippen LogP contribution in [0.4, 0.5) is 30.2 Å². The largest absolute Gasteiger partial charge is 0.455 e. The van der Waals surface area contributed by atoms with E-state index in [1.54, 1.807) is 24.4 Å². The minimum Gasteiger partial charge on any atom is -0.455 e. The Hall–Kier alpha value is -4.43. The van der Waals surface area contributed by atoms with Gasteiger partial charge in [0.1, 0.15) is 22.8 Å². The van der Waals surface area contributed by atoms with Gasteiger partial charge in [0.2, 0.25) is 0 Å². The zero-order valence-electron chi connectivity index (χ0n) is 36.8. The van der Waals surface area contributed by atoms with Crippen LogP contribution in [0.15, 0.2) is 77.0 Å². The Morgan fingerprint density at radius 2 is 1.74 bits per heavy atom. The highest BCUT2D eigenvalue weighted by atomic mass is 127. The first-order chi connectivity index (χ1) is 30.6. The number of sulfonamides is 1. The van der Waals surface area contributed by atoms with Gasteiger partial charge >= 0.3 is 6.18 Å². The Bertz CT molecular complexity index is 2650. The number of fused-ring (bicyclic) bond motifs is 1. The monoisotopic (exact) mass is 1030 g/mol. The average molecular weight is 1030 g/mol. The van der Waals surface area contributed by atoms with E-state index in [9.17, 15) is 36.5 Å². The predicted octanol–water partition coefficient (Wildman–Crippen LogP) is 10.5. The number of allylic oxidation sites excluding steroid dienone is 1. The number of hydrogen-bond donors (Lipinski definition) is 3. The Labute approximate surface area is 390 Å². The number of nitrogens with one attached hydrogen (secondary N) is 3. The minimum atomic E-state index is -4.59. The molecule has 13 nitrogen and oxygen atoms in total. The molecule has 0 spiro atoms. The molecule has 4 saturated carbocycles. The quantitative estimate of drug-likeness (QED) is 0.0386. The minimum absolute atomic E-state index is 0.0600. The predicted molar refractivity (Wildman–Crippen MR) is 251 cm³/mol. The molecule has 2 aromatic heterocycles. The molecule has 4 aromatic rings. The average Bonchev–Trinajstić information content (AvgIpc) is 3.68. The number of pyridine rings is 1. The Morgan fingerprint density at radius 1 is 1.02 bits per heavy atom. The van der Waals surface area contributed by atoms with E-state index in [0.717, 1.165) is 68.6 Å². The second-order valence-corrected chi connectivity index (χ2v) is 24.5. The fourth-order valence-electron chi connectivity index (χ4n) is 10.9. The summed E-state index contributed by atoms with van der Waals surface area (Å²) in [6, 6.07) is 12.1. The van der Waals surface area contributed by atoms with Crippen LogP contribution in [0.3, 0.4) is 0 Å². The van der Waals surface area contributed by atoms with Crippen LogP contribution in [0.25, 0.3) is 11.0 Å². The number of aromatic nitrogens is 2. The second kappa shape index (κ2) is 16.7. The van der Waals surface area contributed by atoms with Crippen molar-refractivity contribution in [3.8, 4) is 11.5 Å². The van der Waals surface area contributed by atoms with E-state index >= 15 is 0 Å². The van der Waals surface area contributed by atoms with Gasteiger partial charge in [0.05, 0.1) is 27.0 Å². The summed E-state index contributed by atoms with van der Waals surface area (Å²) in [7, 11) is -4.59. The van der Waals surface area contributed by atoms with E-state index in [-0.39, 0.29) is 50.5 Å². The molecule has 1 aliphatic heterocycles. The number of alkyl halides is 4. The zero-order valence-corrected chi connectivity index (χ0v) is 39.8. The number of halogens is 4. The summed E-state index contributed by atoms with van der Waals surface area (Å²) >= 11 is 2.48. The molecule has 0 radical (unpaired) electrons. The number of carbonyl (C=O) groups is 1. The van der Waals surface area contributed by atoms with Crippen molar-refractivity contribution in [3.05, 3.63) is 87.7 Å². The Kier molecular flexibility index (Phi) is 11.8. The van der Waals surface area contributed by atoms with E-state index in [1.807, 2.05) is 6.07 Å². The lowest BCUT2D eigenvalue weighted by Crippen LogP contribution is -2.69. The first-order valence-corrected chi connectivity index (χ1v) is 25.0. The molecule has 0 atom stereocenters. The van der Waals surface area contributed by atoms with Gasteiger partial charge in [-0.25, -0.2) is 18.1 Å². The van der Waals surface area contributed by atoms with E-state index in [4.69, 9.17) is 4.74 Å². The zero-order chi connectivity index (χ0) is 46.2. The summed E-state index contributed by atoms with van der Waals surface area (Å²) in [5.74, 6) is -0.249. The summed E-state index contributed by atoms with van der Waals surface area (Å²) in [4.78, 5) is 37.0. The number of nitro groups is 1. The van der Waals surface area contributed by atoms with E-state index in [0.29, 0.717) is 50.0 Å². The van der Waals surface area contributed by atoms with Crippen LogP contribution < -0.4 is 19.7 Å². The van der Waals surface area contributed by atoms with Gasteiger partial charge in [-0.05, 0) is 117 Å². The summed E-state index contributed by atoms with van der Waals surface area (Å²) in [6.07, 6.45) is 6.56. The molecule has 3 heterocycles. The highest BCUT2D eigenvalue weighted by molar-refractivity contribution is 14.1. The number of amides is 1. The number of H-pyrrole nitrogens is 1. The molecule has 2 bridgehead atoms. The fourth-order valence-corrected chi connectivity index (χ4v) is 12.6. The lowest BCUT2D eigenvalue weighted by molar-refractivity contribution is -0.384. The standard InChI is InChI=1S/C47H55F3IN7O6S/c1-43(2)12-10-32(37(23-43)45-27-46(28-45,29-45)47(48,49)50)26-56-16-18-57(19-17-56)33-4-6-36(40(21-33)64-34-20-31-11-15-52-41(31)54-25-34)42(59)55-65(62,63)35-5-7-38(39(22-35)58(60)61)53-24-30-8-13-44(3,51)14-9-30/h4-7,11,15,20-22,25,30,53H,8-10,12-14,16-19,23-24,26-29H2,1-3H3,(H,52,54)(H,55,59). The molecule has 18 heteroatoms. The lowest BCUT2D eigenvalue weighted by Gasteiger charge is -2.72. The second-order valence-electron chi connectivity index (χ2n) is 20.3. The normalized spacial score (nSPS) is 26.9. The van der Waals surface area contributed by atoms with Gasteiger partial charge in [0.15, 0.2) is 0 Å². The van der Waals surface area contributed by atoms with Crippen molar-refractivity contribution in [1.82, 2.24) is 19.6 Å². The van der Waals surface area contributed by atoms with Crippen molar-refractivity contribution in [3.63, 3.8) is 0 Å². The van der Waals surface area contributed by atoms with Crippen LogP contribution in [-0.4, -0.2) is 83.0 Å². The summed E-state index contributed by atoms with van der Waals surface area (Å²) in [6.45, 7) is 10.6. The third-order valence-electron chi connectivity index (χ3n) is 14.9. The van der Waals surface area contributed by atoms with Crippen LogP contribution in [0.2, 0.25) is 0 Å². The van der Waals surface area contributed by atoms with Gasteiger partial charge in [-0.2, -0.15) is 13.2 Å². The van der Waals surface area contributed by atoms with Crippen molar-refractivity contribution < 1.29 is 36.0 Å². The van der Waals surface area contributed by atoms with Crippen molar-refractivity contribution in [2.24, 2.45) is 22.2 Å². The highest BCUT2D eigenvalue weighted by Crippen LogP contribution is 2.82. The van der Waals surface area contributed by atoms with Gasteiger partial charge in [-0.3, -0.25) is 19.8 Å². The number of nitrogens with zero attached hydrogens (tertiary/aromatic N) is 4. The summed E-state index contributed by atoms with van der Waals surface area (Å²) < 4.78 is 77.7. The molecule has 1 saturated heterocycles. The van der Waals surface area contributed by atoms with Crippen molar-refractivity contribution in [2.45, 2.75) is 99.5 Å². The molecule has 0 unspecified atom stereocenters. The molecular formula is C47H55F3IN7O6S. The molecule has 6 aliphatic rings. The van der Waals surface area contributed by atoms with Gasteiger partial charge in [-0.1, -0.05) is 54.5 Å². The third-order valence-corrected chi connectivity index (χ3v) is 17.3. The van der Waals surface area contributed by atoms with Gasteiger partial charge in [0.25, 0.3) is 21.6 Å². The van der Waals surface area contributed by atoms with Crippen LogP contribution in [0.5, 0.6) is 11.5 Å². The maximum atomic E-state index is 14.0. The van der Waals surface area contributed by atoms with E-state index < -0.39 is 43.0 Å².